The van der Waals surface area contributed by atoms with Gasteiger partial charge < -0.3 is 0 Å². The topological polar surface area (TPSA) is 12.9 Å². The Kier molecular flexibility index (Phi) is 7.43. The molecule has 0 bridgehead atoms. The van der Waals surface area contributed by atoms with Gasteiger partial charge in [0.05, 0.1) is 0 Å². The zero-order chi connectivity index (χ0) is 20.0. The van der Waals surface area contributed by atoms with Gasteiger partial charge in [0.2, 0.25) is 0 Å². The lowest BCUT2D eigenvalue weighted by Crippen LogP contribution is -2.25. The van der Waals surface area contributed by atoms with E-state index in [-0.39, 0.29) is 0 Å². The van der Waals surface area contributed by atoms with Gasteiger partial charge in [-0.25, -0.2) is 0 Å². The first-order chi connectivity index (χ1) is 13.5. The minimum Gasteiger partial charge on any atom is -0.250 e. The minimum absolute atomic E-state index is 0.374. The maximum absolute atomic E-state index is 12.6. The van der Waals surface area contributed by atoms with Crippen LogP contribution >= 0.6 is 0 Å². The Bertz CT molecular complexity index is 652. The fraction of sp³-hybridized carbons (Fsp3) is 0.708. The molecular formula is C24H32F3N. The summed E-state index contributed by atoms with van der Waals surface area (Å²) in [6.45, 7) is 2.28. The van der Waals surface area contributed by atoms with Crippen molar-refractivity contribution in [1.29, 1.82) is 0 Å². The summed E-state index contributed by atoms with van der Waals surface area (Å²) < 4.78 is 37.7. The lowest BCUT2D eigenvalue weighted by Gasteiger charge is -2.37. The highest BCUT2D eigenvalue weighted by Gasteiger charge is 2.32. The van der Waals surface area contributed by atoms with E-state index in [1.807, 2.05) is 0 Å². The van der Waals surface area contributed by atoms with Crippen LogP contribution in [0.4, 0.5) is 13.2 Å². The van der Waals surface area contributed by atoms with E-state index in [4.69, 9.17) is 0 Å². The Labute approximate surface area is 167 Å². The first kappa shape index (κ1) is 21.2. The van der Waals surface area contributed by atoms with Crippen LogP contribution in [0.3, 0.4) is 0 Å². The molecule has 1 aromatic heterocycles. The highest BCUT2D eigenvalue weighted by atomic mass is 19.4. The lowest BCUT2D eigenvalue weighted by molar-refractivity contribution is -0.141. The van der Waals surface area contributed by atoms with E-state index < -0.39 is 11.9 Å². The van der Waals surface area contributed by atoms with Gasteiger partial charge >= 0.3 is 6.18 Å². The van der Waals surface area contributed by atoms with Crippen molar-refractivity contribution in [2.24, 2.45) is 23.7 Å². The first-order valence-electron chi connectivity index (χ1n) is 11.0. The first-order valence-corrected chi connectivity index (χ1v) is 11.0. The van der Waals surface area contributed by atoms with Crippen LogP contribution in [0.15, 0.2) is 18.3 Å². The predicted molar refractivity (Wildman–Crippen MR) is 107 cm³/mol. The third-order valence-corrected chi connectivity index (χ3v) is 6.77. The molecule has 2 aliphatic rings. The van der Waals surface area contributed by atoms with Gasteiger partial charge in [-0.2, -0.15) is 13.2 Å². The van der Waals surface area contributed by atoms with Crippen LogP contribution in [-0.2, 0) is 6.18 Å². The largest absolute Gasteiger partial charge is 0.433 e. The lowest BCUT2D eigenvalue weighted by atomic mass is 9.69. The standard InChI is InChI=1S/C24H32F3N/c1-2-3-4-18-7-12-21(13-8-18)22-14-9-19(10-15-22)5-6-20-11-16-23(28-17-20)24(25,26)27/h11,16-19,21-22H,2-4,7-10,12-15H2,1H3. The van der Waals surface area contributed by atoms with E-state index in [0.717, 1.165) is 36.7 Å². The van der Waals surface area contributed by atoms with Gasteiger partial charge in [-0.3, -0.25) is 4.98 Å². The Morgan fingerprint density at radius 3 is 2.14 bits per heavy atom. The molecule has 0 saturated heterocycles. The maximum atomic E-state index is 12.6. The second-order valence-corrected chi connectivity index (χ2v) is 8.73. The van der Waals surface area contributed by atoms with Gasteiger partial charge in [-0.05, 0) is 68.4 Å². The molecule has 28 heavy (non-hydrogen) atoms. The molecule has 154 valence electrons. The van der Waals surface area contributed by atoms with Crippen molar-refractivity contribution in [2.45, 2.75) is 83.7 Å². The average Bonchev–Trinajstić information content (AvgIpc) is 2.71. The van der Waals surface area contributed by atoms with Gasteiger partial charge in [0, 0.05) is 17.7 Å². The molecule has 0 radical (unpaired) electrons. The van der Waals surface area contributed by atoms with E-state index in [1.54, 1.807) is 0 Å². The quantitative estimate of drug-likeness (QED) is 0.492. The summed E-state index contributed by atoms with van der Waals surface area (Å²) in [5.74, 6) is 9.42. The number of aromatic nitrogens is 1. The number of alkyl halides is 3. The molecule has 0 amide bonds. The summed E-state index contributed by atoms with van der Waals surface area (Å²) in [5.41, 5.74) is -0.288. The highest BCUT2D eigenvalue weighted by molar-refractivity contribution is 5.33. The molecule has 1 aromatic rings. The smallest absolute Gasteiger partial charge is 0.250 e. The molecule has 0 aromatic carbocycles. The number of hydrogen-bond donors (Lipinski definition) is 0. The van der Waals surface area contributed by atoms with Gasteiger partial charge in [-0.1, -0.05) is 50.9 Å². The predicted octanol–water partition coefficient (Wildman–Crippen LogP) is 7.25. The van der Waals surface area contributed by atoms with Crippen molar-refractivity contribution in [2.75, 3.05) is 0 Å². The second kappa shape index (κ2) is 9.81. The number of hydrogen-bond acceptors (Lipinski definition) is 1. The molecule has 1 nitrogen and oxygen atoms in total. The Morgan fingerprint density at radius 2 is 1.61 bits per heavy atom. The summed E-state index contributed by atoms with van der Waals surface area (Å²) in [7, 11) is 0. The fourth-order valence-corrected chi connectivity index (χ4v) is 5.00. The van der Waals surface area contributed by atoms with Crippen molar-refractivity contribution >= 4 is 0 Å². The molecule has 1 heterocycles. The SMILES string of the molecule is CCCCC1CCC(C2CCC(C#Cc3ccc(C(F)(F)F)nc3)CC2)CC1. The van der Waals surface area contributed by atoms with Crippen LogP contribution in [0, 0.1) is 35.5 Å². The van der Waals surface area contributed by atoms with Crippen LogP contribution < -0.4 is 0 Å². The maximum Gasteiger partial charge on any atom is 0.433 e. The normalized spacial score (nSPS) is 28.4. The molecule has 3 rings (SSSR count). The van der Waals surface area contributed by atoms with E-state index >= 15 is 0 Å². The highest BCUT2D eigenvalue weighted by Crippen LogP contribution is 2.42. The summed E-state index contributed by atoms with van der Waals surface area (Å²) in [6, 6.07) is 2.43. The minimum atomic E-state index is -4.39. The van der Waals surface area contributed by atoms with E-state index in [0.29, 0.717) is 11.5 Å². The van der Waals surface area contributed by atoms with Crippen LogP contribution in [0.25, 0.3) is 0 Å². The summed E-state index contributed by atoms with van der Waals surface area (Å²) in [5, 5.41) is 0. The van der Waals surface area contributed by atoms with Crippen molar-refractivity contribution in [3.05, 3.63) is 29.6 Å². The molecule has 0 aliphatic heterocycles. The van der Waals surface area contributed by atoms with Crippen LogP contribution in [-0.4, -0.2) is 4.98 Å². The van der Waals surface area contributed by atoms with Gasteiger partial charge in [0.15, 0.2) is 0 Å². The zero-order valence-corrected chi connectivity index (χ0v) is 16.9. The van der Waals surface area contributed by atoms with Crippen LogP contribution in [0.2, 0.25) is 0 Å². The van der Waals surface area contributed by atoms with Gasteiger partial charge in [-0.15, -0.1) is 0 Å². The van der Waals surface area contributed by atoms with Gasteiger partial charge in [0.25, 0.3) is 0 Å². The van der Waals surface area contributed by atoms with Crippen molar-refractivity contribution in [1.82, 2.24) is 4.98 Å². The summed E-state index contributed by atoms with van der Waals surface area (Å²) in [6.07, 6.45) is 11.4. The number of halogens is 3. The summed E-state index contributed by atoms with van der Waals surface area (Å²) >= 11 is 0. The molecule has 0 unspecified atom stereocenters. The molecule has 4 heteroatoms. The van der Waals surface area contributed by atoms with E-state index in [9.17, 15) is 13.2 Å². The van der Waals surface area contributed by atoms with Crippen molar-refractivity contribution < 1.29 is 13.2 Å². The summed E-state index contributed by atoms with van der Waals surface area (Å²) in [4.78, 5) is 3.48. The molecule has 2 saturated carbocycles. The average molecular weight is 392 g/mol. The molecular weight excluding hydrogens is 359 g/mol. The monoisotopic (exact) mass is 391 g/mol. The zero-order valence-electron chi connectivity index (χ0n) is 16.9. The third-order valence-electron chi connectivity index (χ3n) is 6.77. The molecule has 0 N–H and O–H groups in total. The molecule has 2 fully saturated rings. The van der Waals surface area contributed by atoms with Crippen molar-refractivity contribution in [3.63, 3.8) is 0 Å². The van der Waals surface area contributed by atoms with E-state index in [1.165, 1.54) is 70.1 Å². The van der Waals surface area contributed by atoms with E-state index in [2.05, 4.69) is 23.7 Å². The van der Waals surface area contributed by atoms with Crippen molar-refractivity contribution in [3.8, 4) is 11.8 Å². The number of nitrogens with zero attached hydrogens (tertiary/aromatic N) is 1. The van der Waals surface area contributed by atoms with Crippen LogP contribution in [0.5, 0.6) is 0 Å². The Hall–Kier alpha value is -1.50. The van der Waals surface area contributed by atoms with Gasteiger partial charge in [0.1, 0.15) is 5.69 Å². The number of pyridine rings is 1. The molecule has 0 spiro atoms. The fourth-order valence-electron chi connectivity index (χ4n) is 5.00. The second-order valence-electron chi connectivity index (χ2n) is 8.73. The number of unbranched alkanes of at least 4 members (excludes halogenated alkanes) is 1. The third kappa shape index (κ3) is 6.00. The molecule has 0 atom stereocenters. The Morgan fingerprint density at radius 1 is 0.964 bits per heavy atom. The molecule has 2 aliphatic carbocycles. The number of rotatable bonds is 4. The Balaban J connectivity index is 1.43. The van der Waals surface area contributed by atoms with Crippen LogP contribution in [0.1, 0.15) is 88.8 Å².